The summed E-state index contributed by atoms with van der Waals surface area (Å²) in [5.74, 6) is 2.44. The fourth-order valence-electron chi connectivity index (χ4n) is 3.89. The second-order valence-corrected chi connectivity index (χ2v) is 6.69. The monoisotopic (exact) mass is 336 g/mol. The van der Waals surface area contributed by atoms with Gasteiger partial charge >= 0.3 is 0 Å². The van der Waals surface area contributed by atoms with Gasteiger partial charge in [-0.3, -0.25) is 4.90 Å². The lowest BCUT2D eigenvalue weighted by Gasteiger charge is -2.18. The molecule has 3 aromatic rings. The van der Waals surface area contributed by atoms with Crippen molar-refractivity contribution in [2.45, 2.75) is 18.9 Å². The van der Waals surface area contributed by atoms with Crippen molar-refractivity contribution in [2.75, 3.05) is 27.3 Å². The van der Waals surface area contributed by atoms with Gasteiger partial charge in [0.05, 0.1) is 14.2 Å². The summed E-state index contributed by atoms with van der Waals surface area (Å²) in [4.78, 5) is 5.92. The van der Waals surface area contributed by atoms with Crippen LogP contribution in [0.3, 0.4) is 0 Å². The zero-order valence-corrected chi connectivity index (χ0v) is 14.8. The van der Waals surface area contributed by atoms with Crippen LogP contribution < -0.4 is 9.47 Å². The highest BCUT2D eigenvalue weighted by molar-refractivity contribution is 5.85. The van der Waals surface area contributed by atoms with Crippen LogP contribution in [0.1, 0.15) is 23.5 Å². The maximum atomic E-state index is 5.49. The van der Waals surface area contributed by atoms with Gasteiger partial charge in [0, 0.05) is 35.8 Å². The van der Waals surface area contributed by atoms with Crippen LogP contribution in [0.25, 0.3) is 10.9 Å². The third kappa shape index (κ3) is 3.10. The lowest BCUT2D eigenvalue weighted by Crippen LogP contribution is -2.20. The number of benzene rings is 2. The van der Waals surface area contributed by atoms with Gasteiger partial charge in [-0.25, -0.2) is 0 Å². The Morgan fingerprint density at radius 2 is 2.00 bits per heavy atom. The summed E-state index contributed by atoms with van der Waals surface area (Å²) in [6.07, 6.45) is 3.35. The van der Waals surface area contributed by atoms with Gasteiger partial charge in [-0.2, -0.15) is 0 Å². The fraction of sp³-hybridized carbons (Fsp3) is 0.333. The van der Waals surface area contributed by atoms with Gasteiger partial charge in [-0.15, -0.1) is 0 Å². The number of fused-ring (bicyclic) bond motifs is 1. The number of rotatable bonds is 5. The molecule has 1 aromatic heterocycles. The molecule has 0 radical (unpaired) electrons. The van der Waals surface area contributed by atoms with E-state index in [0.29, 0.717) is 5.92 Å². The van der Waals surface area contributed by atoms with Crippen molar-refractivity contribution in [3.05, 3.63) is 59.8 Å². The highest BCUT2D eigenvalue weighted by Gasteiger charge is 2.26. The van der Waals surface area contributed by atoms with E-state index < -0.39 is 0 Å². The quantitative estimate of drug-likeness (QED) is 0.760. The molecule has 0 spiro atoms. The minimum Gasteiger partial charge on any atom is -0.497 e. The summed E-state index contributed by atoms with van der Waals surface area (Å²) in [5, 5.41) is 1.28. The van der Waals surface area contributed by atoms with Crippen molar-refractivity contribution in [1.82, 2.24) is 9.88 Å². The van der Waals surface area contributed by atoms with Gasteiger partial charge in [-0.05, 0) is 48.7 Å². The standard InChI is InChI=1S/C21H24N2O2/c1-24-17-7-8-20-18(11-17)19(12-22-20)15-9-10-23(13-15)14-16-5-3-4-6-21(16)25-2/h3-8,11-12,15,22H,9-10,13-14H2,1-2H3. The SMILES string of the molecule is COc1ccc2[nH]cc(C3CCN(Cc4ccccc4OC)C3)c2c1. The van der Waals surface area contributed by atoms with Crippen LogP contribution in [0.5, 0.6) is 11.5 Å². The molecule has 1 atom stereocenters. The van der Waals surface area contributed by atoms with E-state index in [1.807, 2.05) is 18.2 Å². The van der Waals surface area contributed by atoms with Crippen molar-refractivity contribution in [3.63, 3.8) is 0 Å². The summed E-state index contributed by atoms with van der Waals surface area (Å²) in [6, 6.07) is 14.5. The molecule has 25 heavy (non-hydrogen) atoms. The summed E-state index contributed by atoms with van der Waals surface area (Å²) >= 11 is 0. The molecule has 4 rings (SSSR count). The number of para-hydroxylation sites is 1. The van der Waals surface area contributed by atoms with Crippen molar-refractivity contribution < 1.29 is 9.47 Å². The van der Waals surface area contributed by atoms with E-state index in [0.717, 1.165) is 31.1 Å². The summed E-state index contributed by atoms with van der Waals surface area (Å²) in [6.45, 7) is 3.12. The van der Waals surface area contributed by atoms with Crippen molar-refractivity contribution in [1.29, 1.82) is 0 Å². The molecule has 0 aliphatic carbocycles. The third-order valence-electron chi connectivity index (χ3n) is 5.22. The van der Waals surface area contributed by atoms with E-state index in [-0.39, 0.29) is 0 Å². The Balaban J connectivity index is 1.53. The Hall–Kier alpha value is -2.46. The van der Waals surface area contributed by atoms with Gasteiger partial charge in [0.2, 0.25) is 0 Å². The number of aromatic amines is 1. The average molecular weight is 336 g/mol. The van der Waals surface area contributed by atoms with Crippen LogP contribution in [-0.2, 0) is 6.54 Å². The van der Waals surface area contributed by atoms with Crippen LogP contribution in [0.15, 0.2) is 48.7 Å². The van der Waals surface area contributed by atoms with Gasteiger partial charge in [0.25, 0.3) is 0 Å². The maximum Gasteiger partial charge on any atom is 0.123 e. The number of ether oxygens (including phenoxy) is 2. The minimum atomic E-state index is 0.551. The molecule has 4 nitrogen and oxygen atoms in total. The van der Waals surface area contributed by atoms with Crippen LogP contribution in [-0.4, -0.2) is 37.2 Å². The highest BCUT2D eigenvalue weighted by atomic mass is 16.5. The summed E-state index contributed by atoms with van der Waals surface area (Å²) in [7, 11) is 3.46. The molecule has 2 heterocycles. The number of methoxy groups -OCH3 is 2. The lowest BCUT2D eigenvalue weighted by molar-refractivity contribution is 0.317. The number of H-pyrrole nitrogens is 1. The zero-order chi connectivity index (χ0) is 17.2. The molecule has 0 amide bonds. The lowest BCUT2D eigenvalue weighted by atomic mass is 9.98. The van der Waals surface area contributed by atoms with Crippen molar-refractivity contribution in [2.24, 2.45) is 0 Å². The molecule has 0 bridgehead atoms. The summed E-state index contributed by atoms with van der Waals surface area (Å²) < 4.78 is 10.9. The molecular weight excluding hydrogens is 312 g/mol. The smallest absolute Gasteiger partial charge is 0.123 e. The third-order valence-corrected chi connectivity index (χ3v) is 5.22. The van der Waals surface area contributed by atoms with E-state index in [9.17, 15) is 0 Å². The van der Waals surface area contributed by atoms with Crippen LogP contribution >= 0.6 is 0 Å². The Bertz CT molecular complexity index is 871. The number of hydrogen-bond acceptors (Lipinski definition) is 3. The molecule has 4 heteroatoms. The van der Waals surface area contributed by atoms with Gasteiger partial charge in [0.1, 0.15) is 11.5 Å². The summed E-state index contributed by atoms with van der Waals surface area (Å²) in [5.41, 5.74) is 3.83. The molecule has 2 aromatic carbocycles. The molecule has 1 aliphatic heterocycles. The second-order valence-electron chi connectivity index (χ2n) is 6.69. The Kier molecular flexibility index (Phi) is 4.36. The Morgan fingerprint density at radius 1 is 1.12 bits per heavy atom. The van der Waals surface area contributed by atoms with E-state index >= 15 is 0 Å². The highest BCUT2D eigenvalue weighted by Crippen LogP contribution is 2.35. The normalized spacial score (nSPS) is 17.9. The number of hydrogen-bond donors (Lipinski definition) is 1. The van der Waals surface area contributed by atoms with Crippen LogP contribution in [0.4, 0.5) is 0 Å². The predicted octanol–water partition coefficient (Wildman–Crippen LogP) is 4.17. The first-order chi connectivity index (χ1) is 12.3. The van der Waals surface area contributed by atoms with E-state index in [1.54, 1.807) is 14.2 Å². The van der Waals surface area contributed by atoms with Crippen LogP contribution in [0, 0.1) is 0 Å². The molecule has 1 N–H and O–H groups in total. The molecule has 1 saturated heterocycles. The number of aromatic nitrogens is 1. The van der Waals surface area contributed by atoms with Crippen LogP contribution in [0.2, 0.25) is 0 Å². The van der Waals surface area contributed by atoms with Gasteiger partial charge < -0.3 is 14.5 Å². The van der Waals surface area contributed by atoms with Gasteiger partial charge in [0.15, 0.2) is 0 Å². The predicted molar refractivity (Wildman–Crippen MR) is 100 cm³/mol. The number of nitrogens with one attached hydrogen (secondary N) is 1. The molecule has 1 unspecified atom stereocenters. The average Bonchev–Trinajstić information content (AvgIpc) is 3.28. The first-order valence-electron chi connectivity index (χ1n) is 8.77. The van der Waals surface area contributed by atoms with Crippen molar-refractivity contribution in [3.8, 4) is 11.5 Å². The second kappa shape index (κ2) is 6.81. The molecule has 1 aliphatic rings. The van der Waals surface area contributed by atoms with E-state index in [2.05, 4.69) is 40.3 Å². The molecule has 130 valence electrons. The number of likely N-dealkylation sites (tertiary alicyclic amines) is 1. The molecular formula is C21H24N2O2. The zero-order valence-electron chi connectivity index (χ0n) is 14.8. The maximum absolute atomic E-state index is 5.49. The van der Waals surface area contributed by atoms with Crippen molar-refractivity contribution >= 4 is 10.9 Å². The van der Waals surface area contributed by atoms with Gasteiger partial charge in [-0.1, -0.05) is 18.2 Å². The molecule has 1 fully saturated rings. The minimum absolute atomic E-state index is 0.551. The largest absolute Gasteiger partial charge is 0.497 e. The first kappa shape index (κ1) is 16.0. The number of nitrogens with zero attached hydrogens (tertiary/aromatic N) is 1. The van der Waals surface area contributed by atoms with E-state index in [1.165, 1.54) is 28.5 Å². The molecule has 0 saturated carbocycles. The van der Waals surface area contributed by atoms with E-state index in [4.69, 9.17) is 9.47 Å². The topological polar surface area (TPSA) is 37.5 Å². The first-order valence-corrected chi connectivity index (χ1v) is 8.77. The fourth-order valence-corrected chi connectivity index (χ4v) is 3.89. The Morgan fingerprint density at radius 3 is 2.84 bits per heavy atom. The Labute approximate surface area is 148 Å².